The number of halogens is 1. The molecule has 1 aliphatic rings. The van der Waals surface area contributed by atoms with Crippen molar-refractivity contribution in [1.29, 1.82) is 0 Å². The molecule has 4 aromatic rings. The highest BCUT2D eigenvalue weighted by Crippen LogP contribution is 2.36. The normalized spacial score (nSPS) is 13.4. The van der Waals surface area contributed by atoms with E-state index in [1.54, 1.807) is 18.0 Å². The van der Waals surface area contributed by atoms with Crippen LogP contribution in [0.1, 0.15) is 24.1 Å². The molecule has 1 amide bonds. The molecular weight excluding hydrogens is 414 g/mol. The SMILES string of the molecule is O=C(CSc1c2c(nc3cc(Cl)ccc13)CCCC2)Nc1cnc2ccccc2c1. The van der Waals surface area contributed by atoms with E-state index < -0.39 is 0 Å². The molecule has 0 atom stereocenters. The number of hydrogen-bond donors (Lipinski definition) is 1. The zero-order chi connectivity index (χ0) is 20.5. The molecule has 5 rings (SSSR count). The Morgan fingerprint density at radius 3 is 2.87 bits per heavy atom. The molecule has 1 N–H and O–H groups in total. The molecule has 0 aliphatic heterocycles. The van der Waals surface area contributed by atoms with Gasteiger partial charge >= 0.3 is 0 Å². The summed E-state index contributed by atoms with van der Waals surface area (Å²) in [4.78, 5) is 23.1. The van der Waals surface area contributed by atoms with Gasteiger partial charge in [0.2, 0.25) is 5.91 Å². The van der Waals surface area contributed by atoms with Crippen LogP contribution in [0.25, 0.3) is 21.8 Å². The van der Waals surface area contributed by atoms with Crippen molar-refractivity contribution in [3.63, 3.8) is 0 Å². The molecule has 0 fully saturated rings. The number of rotatable bonds is 4. The van der Waals surface area contributed by atoms with Gasteiger partial charge in [-0.2, -0.15) is 0 Å². The summed E-state index contributed by atoms with van der Waals surface area (Å²) in [5, 5.41) is 5.75. The van der Waals surface area contributed by atoms with E-state index in [1.165, 1.54) is 5.56 Å². The minimum atomic E-state index is -0.0411. The number of aromatic nitrogens is 2. The van der Waals surface area contributed by atoms with Crippen LogP contribution in [0.4, 0.5) is 5.69 Å². The first-order valence-corrected chi connectivity index (χ1v) is 11.4. The van der Waals surface area contributed by atoms with Gasteiger partial charge in [-0.1, -0.05) is 35.9 Å². The summed E-state index contributed by atoms with van der Waals surface area (Å²) in [5.41, 5.74) is 4.98. The number of benzene rings is 2. The number of carbonyl (C=O) groups is 1. The topological polar surface area (TPSA) is 54.9 Å². The predicted octanol–water partition coefficient (Wildman–Crippen LogP) is 6.05. The van der Waals surface area contributed by atoms with Crippen LogP contribution in [0.15, 0.2) is 59.6 Å². The fourth-order valence-corrected chi connectivity index (χ4v) is 5.23. The monoisotopic (exact) mass is 433 g/mol. The number of anilines is 1. The summed E-state index contributed by atoms with van der Waals surface area (Å²) in [6.07, 6.45) is 6.03. The van der Waals surface area contributed by atoms with Crippen molar-refractivity contribution in [2.24, 2.45) is 0 Å². The van der Waals surface area contributed by atoms with Crippen molar-refractivity contribution in [2.45, 2.75) is 30.6 Å². The van der Waals surface area contributed by atoms with Crippen molar-refractivity contribution in [3.8, 4) is 0 Å². The van der Waals surface area contributed by atoms with Crippen molar-refractivity contribution < 1.29 is 4.79 Å². The maximum absolute atomic E-state index is 12.7. The molecule has 150 valence electrons. The number of pyridine rings is 2. The van der Waals surface area contributed by atoms with Crippen LogP contribution in [0, 0.1) is 0 Å². The summed E-state index contributed by atoms with van der Waals surface area (Å²) in [5.74, 6) is 0.293. The Hall–Kier alpha value is -2.63. The zero-order valence-electron chi connectivity index (χ0n) is 16.3. The second kappa shape index (κ2) is 8.25. The lowest BCUT2D eigenvalue weighted by Crippen LogP contribution is -2.15. The van der Waals surface area contributed by atoms with Crippen LogP contribution < -0.4 is 5.32 Å². The third kappa shape index (κ3) is 3.87. The van der Waals surface area contributed by atoms with Gasteiger partial charge in [0.05, 0.1) is 28.7 Å². The highest BCUT2D eigenvalue weighted by Gasteiger charge is 2.19. The fourth-order valence-electron chi connectivity index (χ4n) is 3.99. The Bertz CT molecular complexity index is 1270. The third-order valence-electron chi connectivity index (χ3n) is 5.39. The van der Waals surface area contributed by atoms with Crippen molar-refractivity contribution in [1.82, 2.24) is 9.97 Å². The minimum Gasteiger partial charge on any atom is -0.324 e. The third-order valence-corrected chi connectivity index (χ3v) is 6.79. The average molecular weight is 434 g/mol. The van der Waals surface area contributed by atoms with Gasteiger partial charge in [0, 0.05) is 26.4 Å². The summed E-state index contributed by atoms with van der Waals surface area (Å²) >= 11 is 7.78. The van der Waals surface area contributed by atoms with E-state index >= 15 is 0 Å². The lowest BCUT2D eigenvalue weighted by Gasteiger charge is -2.20. The molecule has 0 saturated carbocycles. The molecule has 2 heterocycles. The van der Waals surface area contributed by atoms with Crippen LogP contribution in [0.5, 0.6) is 0 Å². The first kappa shape index (κ1) is 19.3. The lowest BCUT2D eigenvalue weighted by atomic mass is 9.94. The van der Waals surface area contributed by atoms with Gasteiger partial charge in [0.25, 0.3) is 0 Å². The predicted molar refractivity (Wildman–Crippen MR) is 124 cm³/mol. The van der Waals surface area contributed by atoms with Crippen LogP contribution >= 0.6 is 23.4 Å². The van der Waals surface area contributed by atoms with E-state index in [-0.39, 0.29) is 5.91 Å². The highest BCUT2D eigenvalue weighted by atomic mass is 35.5. The summed E-state index contributed by atoms with van der Waals surface area (Å²) in [6.45, 7) is 0. The number of nitrogens with one attached hydrogen (secondary N) is 1. The molecule has 1 aliphatic carbocycles. The van der Waals surface area contributed by atoms with E-state index in [2.05, 4.69) is 10.3 Å². The van der Waals surface area contributed by atoms with E-state index in [0.717, 1.165) is 58.1 Å². The van der Waals surface area contributed by atoms with Gasteiger partial charge in [0.1, 0.15) is 0 Å². The second-order valence-electron chi connectivity index (χ2n) is 7.49. The van der Waals surface area contributed by atoms with Gasteiger partial charge in [0.15, 0.2) is 0 Å². The number of amides is 1. The number of para-hydroxylation sites is 1. The van der Waals surface area contributed by atoms with Gasteiger partial charge in [-0.05, 0) is 55.5 Å². The summed E-state index contributed by atoms with van der Waals surface area (Å²) < 4.78 is 0. The molecule has 4 nitrogen and oxygen atoms in total. The molecule has 0 radical (unpaired) electrons. The summed E-state index contributed by atoms with van der Waals surface area (Å²) in [7, 11) is 0. The average Bonchev–Trinajstić information content (AvgIpc) is 2.76. The molecule has 2 aromatic carbocycles. The van der Waals surface area contributed by atoms with Crippen LogP contribution in [-0.4, -0.2) is 21.6 Å². The smallest absolute Gasteiger partial charge is 0.234 e. The van der Waals surface area contributed by atoms with Crippen LogP contribution in [0.2, 0.25) is 5.02 Å². The molecule has 6 heteroatoms. The van der Waals surface area contributed by atoms with Crippen molar-refractivity contribution in [2.75, 3.05) is 11.1 Å². The Morgan fingerprint density at radius 2 is 1.93 bits per heavy atom. The Labute approximate surface area is 184 Å². The lowest BCUT2D eigenvalue weighted by molar-refractivity contribution is -0.113. The number of thioether (sulfide) groups is 1. The van der Waals surface area contributed by atoms with E-state index in [9.17, 15) is 4.79 Å². The van der Waals surface area contributed by atoms with E-state index in [0.29, 0.717) is 16.5 Å². The molecule has 0 bridgehead atoms. The number of aryl methyl sites for hydroxylation is 1. The van der Waals surface area contributed by atoms with E-state index in [1.807, 2.05) is 48.5 Å². The van der Waals surface area contributed by atoms with Crippen LogP contribution in [0.3, 0.4) is 0 Å². The molecule has 2 aromatic heterocycles. The molecular formula is C24H20ClN3OS. The molecule has 0 unspecified atom stereocenters. The number of nitrogens with zero attached hydrogens (tertiary/aromatic N) is 2. The minimum absolute atomic E-state index is 0.0411. The second-order valence-corrected chi connectivity index (χ2v) is 8.91. The van der Waals surface area contributed by atoms with E-state index in [4.69, 9.17) is 16.6 Å². The van der Waals surface area contributed by atoms with Gasteiger partial charge < -0.3 is 5.32 Å². The van der Waals surface area contributed by atoms with Gasteiger partial charge in [-0.15, -0.1) is 11.8 Å². The maximum atomic E-state index is 12.7. The standard InChI is InChI=1S/C24H20ClN3OS/c25-16-9-10-19-22(12-16)28-21-8-4-2-6-18(21)24(19)30-14-23(29)27-17-11-15-5-1-3-7-20(15)26-13-17/h1,3,5,7,9-13H,2,4,6,8,14H2,(H,27,29). The van der Waals surface area contributed by atoms with Gasteiger partial charge in [-0.3, -0.25) is 14.8 Å². The van der Waals surface area contributed by atoms with Crippen LogP contribution in [-0.2, 0) is 17.6 Å². The highest BCUT2D eigenvalue weighted by molar-refractivity contribution is 8.00. The number of hydrogen-bond acceptors (Lipinski definition) is 4. The molecule has 0 saturated heterocycles. The Morgan fingerprint density at radius 1 is 1.07 bits per heavy atom. The number of fused-ring (bicyclic) bond motifs is 3. The first-order chi connectivity index (χ1) is 14.7. The largest absolute Gasteiger partial charge is 0.324 e. The first-order valence-electron chi connectivity index (χ1n) is 10.1. The summed E-state index contributed by atoms with van der Waals surface area (Å²) in [6, 6.07) is 15.7. The quantitative estimate of drug-likeness (QED) is 0.398. The Kier molecular flexibility index (Phi) is 5.32. The number of carbonyl (C=O) groups excluding carboxylic acids is 1. The van der Waals surface area contributed by atoms with Crippen molar-refractivity contribution in [3.05, 3.63) is 71.0 Å². The zero-order valence-corrected chi connectivity index (χ0v) is 17.9. The molecule has 30 heavy (non-hydrogen) atoms. The van der Waals surface area contributed by atoms with Crippen molar-refractivity contribution >= 4 is 56.8 Å². The molecule has 0 spiro atoms. The Balaban J connectivity index is 1.39. The fraction of sp³-hybridized carbons (Fsp3) is 0.208. The maximum Gasteiger partial charge on any atom is 0.234 e. The van der Waals surface area contributed by atoms with Gasteiger partial charge in [-0.25, -0.2) is 0 Å².